The summed E-state index contributed by atoms with van der Waals surface area (Å²) in [6.45, 7) is 2.90. The van der Waals surface area contributed by atoms with Crippen LogP contribution in [-0.4, -0.2) is 77.2 Å². The van der Waals surface area contributed by atoms with Gasteiger partial charge in [0.1, 0.15) is 6.29 Å². The maximum atomic E-state index is 12.5. The van der Waals surface area contributed by atoms with Gasteiger partial charge in [-0.05, 0) is 19.4 Å². The maximum Gasteiger partial charge on any atom is 0.490 e. The number of carboxylic acid groups (broad SMARTS) is 1. The number of halogens is 6. The van der Waals surface area contributed by atoms with Crippen molar-refractivity contribution < 1.29 is 41.0 Å². The fourth-order valence-corrected chi connectivity index (χ4v) is 3.23. The third-order valence-corrected chi connectivity index (χ3v) is 5.25. The Labute approximate surface area is 173 Å². The summed E-state index contributed by atoms with van der Waals surface area (Å²) in [7, 11) is 0. The minimum Gasteiger partial charge on any atom is -0.475 e. The lowest BCUT2D eigenvalue weighted by molar-refractivity contribution is -0.192. The highest BCUT2D eigenvalue weighted by Crippen LogP contribution is 2.49. The lowest BCUT2D eigenvalue weighted by Crippen LogP contribution is -2.55. The molecule has 0 bridgehead atoms. The topological polar surface area (TPSA) is 113 Å². The molecule has 8 nitrogen and oxygen atoms in total. The Kier molecular flexibility index (Phi) is 7.47. The minimum atomic E-state index is -5.08. The van der Waals surface area contributed by atoms with Crippen molar-refractivity contribution in [2.75, 3.05) is 37.6 Å². The first-order valence-electron chi connectivity index (χ1n) is 9.18. The Morgan fingerprint density at radius 2 is 1.61 bits per heavy atom. The molecule has 14 heteroatoms. The summed E-state index contributed by atoms with van der Waals surface area (Å²) in [5.74, 6) is -2.47. The van der Waals surface area contributed by atoms with Crippen molar-refractivity contribution >= 4 is 18.2 Å². The second-order valence-corrected chi connectivity index (χ2v) is 7.24. The van der Waals surface area contributed by atoms with Crippen LogP contribution in [-0.2, 0) is 15.8 Å². The third kappa shape index (κ3) is 6.26. The third-order valence-electron chi connectivity index (χ3n) is 5.25. The van der Waals surface area contributed by atoms with Gasteiger partial charge in [-0.1, -0.05) is 0 Å². The molecule has 0 radical (unpaired) electrons. The number of aliphatic carboxylic acids is 1. The predicted octanol–water partition coefficient (Wildman–Crippen LogP) is 1.56. The zero-order valence-corrected chi connectivity index (χ0v) is 16.2. The molecule has 31 heavy (non-hydrogen) atoms. The summed E-state index contributed by atoms with van der Waals surface area (Å²) in [5.41, 5.74) is 4.87. The standard InChI is InChI=1S/C15H20F3N5O.C2HF3O2/c16-15(17,18)11-7-20-13(21-8-11)23-5-3-22(4-6-23)12(9-24)14(10-19)1-2-14;3-2(4,5)1(6)7/h7-9,12H,1-6,10,19H2;(H,6,7)/t12-;/m1./s1. The summed E-state index contributed by atoms with van der Waals surface area (Å²) >= 11 is 0. The highest BCUT2D eigenvalue weighted by molar-refractivity contribution is 5.73. The van der Waals surface area contributed by atoms with E-state index in [1.54, 1.807) is 0 Å². The number of aldehydes is 1. The van der Waals surface area contributed by atoms with Crippen LogP contribution in [0.1, 0.15) is 18.4 Å². The van der Waals surface area contributed by atoms with E-state index in [2.05, 4.69) is 14.9 Å². The smallest absolute Gasteiger partial charge is 0.475 e. The fourth-order valence-electron chi connectivity index (χ4n) is 3.23. The predicted molar refractivity (Wildman–Crippen MR) is 95.1 cm³/mol. The quantitative estimate of drug-likeness (QED) is 0.506. The molecule has 0 unspecified atom stereocenters. The molecule has 2 fully saturated rings. The molecule has 2 aliphatic rings. The zero-order valence-electron chi connectivity index (χ0n) is 16.2. The van der Waals surface area contributed by atoms with Crippen LogP contribution < -0.4 is 10.6 Å². The van der Waals surface area contributed by atoms with Gasteiger partial charge in [0.15, 0.2) is 0 Å². The number of rotatable bonds is 5. The van der Waals surface area contributed by atoms with Gasteiger partial charge in [0.2, 0.25) is 5.95 Å². The molecule has 1 saturated heterocycles. The van der Waals surface area contributed by atoms with Crippen LogP contribution >= 0.6 is 0 Å². The molecular formula is C17H21F6N5O3. The van der Waals surface area contributed by atoms with Crippen molar-refractivity contribution in [3.05, 3.63) is 18.0 Å². The molecule has 1 aliphatic heterocycles. The molecule has 1 aromatic heterocycles. The van der Waals surface area contributed by atoms with E-state index in [-0.39, 0.29) is 17.4 Å². The van der Waals surface area contributed by atoms with E-state index in [1.165, 1.54) is 0 Å². The van der Waals surface area contributed by atoms with Crippen molar-refractivity contribution in [3.8, 4) is 0 Å². The van der Waals surface area contributed by atoms with Gasteiger partial charge in [-0.25, -0.2) is 14.8 Å². The van der Waals surface area contributed by atoms with Crippen LogP contribution in [0.3, 0.4) is 0 Å². The van der Waals surface area contributed by atoms with E-state index in [9.17, 15) is 31.1 Å². The summed E-state index contributed by atoms with van der Waals surface area (Å²) in [5, 5.41) is 7.12. The first kappa shape index (κ1) is 24.8. The number of carbonyl (C=O) groups is 2. The van der Waals surface area contributed by atoms with Crippen LogP contribution in [0.25, 0.3) is 0 Å². The van der Waals surface area contributed by atoms with Crippen molar-refractivity contribution in [1.82, 2.24) is 14.9 Å². The number of aromatic nitrogens is 2. The van der Waals surface area contributed by atoms with Gasteiger partial charge in [0.25, 0.3) is 0 Å². The van der Waals surface area contributed by atoms with Gasteiger partial charge in [0, 0.05) is 44.0 Å². The van der Waals surface area contributed by atoms with Gasteiger partial charge < -0.3 is 20.5 Å². The van der Waals surface area contributed by atoms with Crippen molar-refractivity contribution in [2.24, 2.45) is 11.1 Å². The number of piperazine rings is 1. The van der Waals surface area contributed by atoms with E-state index in [1.807, 2.05) is 4.90 Å². The van der Waals surface area contributed by atoms with E-state index < -0.39 is 23.9 Å². The minimum absolute atomic E-state index is 0.0885. The Hall–Kier alpha value is -2.48. The zero-order chi connectivity index (χ0) is 23.4. The Balaban J connectivity index is 0.000000423. The van der Waals surface area contributed by atoms with Gasteiger partial charge in [-0.15, -0.1) is 0 Å². The molecule has 1 aliphatic carbocycles. The van der Waals surface area contributed by atoms with Gasteiger partial charge >= 0.3 is 18.3 Å². The monoisotopic (exact) mass is 457 g/mol. The number of alkyl halides is 6. The molecular weight excluding hydrogens is 436 g/mol. The Morgan fingerprint density at radius 1 is 1.13 bits per heavy atom. The largest absolute Gasteiger partial charge is 0.490 e. The number of nitrogens with zero attached hydrogens (tertiary/aromatic N) is 4. The SMILES string of the molecule is NCC1([C@@H](C=O)N2CCN(c3ncc(C(F)(F)F)cn3)CC2)CC1.O=C(O)C(F)(F)F. The van der Waals surface area contributed by atoms with Gasteiger partial charge in [-0.2, -0.15) is 26.3 Å². The van der Waals surface area contributed by atoms with Crippen LogP contribution in [0.4, 0.5) is 32.3 Å². The molecule has 1 saturated carbocycles. The normalized spacial score (nSPS) is 19.8. The molecule has 3 N–H and O–H groups in total. The van der Waals surface area contributed by atoms with E-state index in [0.717, 1.165) is 31.5 Å². The molecule has 2 heterocycles. The van der Waals surface area contributed by atoms with Crippen LogP contribution in [0.2, 0.25) is 0 Å². The van der Waals surface area contributed by atoms with E-state index in [0.29, 0.717) is 32.7 Å². The summed E-state index contributed by atoms with van der Waals surface area (Å²) in [6, 6.07) is -0.182. The lowest BCUT2D eigenvalue weighted by Gasteiger charge is -2.40. The molecule has 1 atom stereocenters. The molecule has 0 aromatic carbocycles. The van der Waals surface area contributed by atoms with E-state index >= 15 is 0 Å². The summed E-state index contributed by atoms with van der Waals surface area (Å²) in [4.78, 5) is 32.0. The maximum absolute atomic E-state index is 12.5. The number of hydrogen-bond acceptors (Lipinski definition) is 7. The van der Waals surface area contributed by atoms with E-state index in [4.69, 9.17) is 15.6 Å². The van der Waals surface area contributed by atoms with Crippen LogP contribution in [0.5, 0.6) is 0 Å². The van der Waals surface area contributed by atoms with Crippen molar-refractivity contribution in [2.45, 2.75) is 31.2 Å². The number of carbonyl (C=O) groups excluding carboxylic acids is 1. The summed E-state index contributed by atoms with van der Waals surface area (Å²) < 4.78 is 69.4. The fraction of sp³-hybridized carbons (Fsp3) is 0.647. The Morgan fingerprint density at radius 3 is 1.94 bits per heavy atom. The second-order valence-electron chi connectivity index (χ2n) is 7.24. The molecule has 174 valence electrons. The first-order valence-corrected chi connectivity index (χ1v) is 9.18. The average molecular weight is 457 g/mol. The van der Waals surface area contributed by atoms with Crippen LogP contribution in [0.15, 0.2) is 12.4 Å². The van der Waals surface area contributed by atoms with Crippen molar-refractivity contribution in [3.63, 3.8) is 0 Å². The van der Waals surface area contributed by atoms with Gasteiger partial charge in [0.05, 0.1) is 11.6 Å². The summed E-state index contributed by atoms with van der Waals surface area (Å²) in [6.07, 6.45) is -5.00. The number of hydrogen-bond donors (Lipinski definition) is 2. The van der Waals surface area contributed by atoms with Crippen LogP contribution in [0, 0.1) is 5.41 Å². The number of nitrogens with two attached hydrogens (primary N) is 1. The molecule has 3 rings (SSSR count). The molecule has 0 spiro atoms. The highest BCUT2D eigenvalue weighted by atomic mass is 19.4. The van der Waals surface area contributed by atoms with Gasteiger partial charge in [-0.3, -0.25) is 4.90 Å². The second kappa shape index (κ2) is 9.34. The average Bonchev–Trinajstić information content (AvgIpc) is 3.49. The first-order chi connectivity index (χ1) is 14.3. The Bertz CT molecular complexity index is 759. The highest BCUT2D eigenvalue weighted by Gasteiger charge is 2.50. The number of anilines is 1. The van der Waals surface area contributed by atoms with Crippen molar-refractivity contribution in [1.29, 1.82) is 0 Å². The molecule has 1 aromatic rings. The molecule has 0 amide bonds. The lowest BCUT2D eigenvalue weighted by atomic mass is 9.95. The number of carboxylic acids is 1.